The maximum atomic E-state index is 11.7. The Hall–Kier alpha value is -0.0700. The Morgan fingerprint density at radius 3 is 2.72 bits per heavy atom. The van der Waals surface area contributed by atoms with E-state index in [1.54, 1.807) is 0 Å². The third-order valence-corrected chi connectivity index (χ3v) is 3.17. The Morgan fingerprint density at radius 2 is 2.17 bits per heavy atom. The summed E-state index contributed by atoms with van der Waals surface area (Å²) in [7, 11) is 2.12. The summed E-state index contributed by atoms with van der Waals surface area (Å²) in [5.74, 6) is 0.0592. The summed E-state index contributed by atoms with van der Waals surface area (Å²) < 4.78 is 5.25. The van der Waals surface area contributed by atoms with Crippen LogP contribution in [0.25, 0.3) is 0 Å². The fourth-order valence-corrected chi connectivity index (χ4v) is 1.91. The lowest BCUT2D eigenvalue weighted by Crippen LogP contribution is -2.52. The van der Waals surface area contributed by atoms with E-state index < -0.39 is 0 Å². The van der Waals surface area contributed by atoms with Crippen molar-refractivity contribution in [3.05, 3.63) is 0 Å². The third kappa shape index (κ3) is 5.71. The molecule has 0 aromatic rings. The molecule has 18 heavy (non-hydrogen) atoms. The highest BCUT2D eigenvalue weighted by molar-refractivity contribution is 5.85. The first-order chi connectivity index (χ1) is 7.77. The van der Waals surface area contributed by atoms with Gasteiger partial charge in [0.05, 0.1) is 13.2 Å². The van der Waals surface area contributed by atoms with Crippen molar-refractivity contribution in [1.82, 2.24) is 15.5 Å². The number of hydrogen-bond donors (Lipinski definition) is 2. The predicted molar refractivity (Wildman–Crippen MR) is 75.8 cm³/mol. The van der Waals surface area contributed by atoms with Crippen LogP contribution in [0.15, 0.2) is 0 Å². The molecule has 108 valence electrons. The van der Waals surface area contributed by atoms with Gasteiger partial charge in [0.2, 0.25) is 5.91 Å². The van der Waals surface area contributed by atoms with E-state index in [2.05, 4.69) is 22.6 Å². The Labute approximate surface area is 121 Å². The van der Waals surface area contributed by atoms with Gasteiger partial charge in [-0.15, -0.1) is 24.8 Å². The van der Waals surface area contributed by atoms with Gasteiger partial charge in [-0.3, -0.25) is 4.79 Å². The molecule has 1 atom stereocenters. The molecule has 1 amide bonds. The molecule has 0 bridgehead atoms. The fraction of sp³-hybridized carbons (Fsp3) is 0.909. The van der Waals surface area contributed by atoms with Crippen LogP contribution < -0.4 is 10.6 Å². The highest BCUT2D eigenvalue weighted by Gasteiger charge is 2.26. The Bertz CT molecular complexity index is 246. The fourth-order valence-electron chi connectivity index (χ4n) is 1.91. The molecule has 1 aliphatic heterocycles. The Morgan fingerprint density at radius 1 is 1.44 bits per heavy atom. The van der Waals surface area contributed by atoms with Crippen molar-refractivity contribution in [3.63, 3.8) is 0 Å². The Kier molecular flexibility index (Phi) is 8.90. The largest absolute Gasteiger partial charge is 0.378 e. The summed E-state index contributed by atoms with van der Waals surface area (Å²) >= 11 is 0. The maximum absolute atomic E-state index is 11.7. The summed E-state index contributed by atoms with van der Waals surface area (Å²) in [6, 6.07) is 0.591. The number of morpholine rings is 1. The minimum Gasteiger partial charge on any atom is -0.378 e. The minimum absolute atomic E-state index is 0. The number of ether oxygens (including phenoxy) is 1. The van der Waals surface area contributed by atoms with E-state index in [9.17, 15) is 4.79 Å². The first kappa shape index (κ1) is 17.9. The molecule has 1 heterocycles. The summed E-state index contributed by atoms with van der Waals surface area (Å²) in [6.07, 6.45) is 2.62. The van der Waals surface area contributed by atoms with E-state index in [-0.39, 0.29) is 36.8 Å². The van der Waals surface area contributed by atoms with Gasteiger partial charge in [-0.2, -0.15) is 0 Å². The molecule has 0 aromatic carbocycles. The van der Waals surface area contributed by atoms with Crippen LogP contribution in [0.5, 0.6) is 0 Å². The molecule has 1 unspecified atom stereocenters. The second kappa shape index (κ2) is 8.93. The topological polar surface area (TPSA) is 53.6 Å². The number of likely N-dealkylation sites (N-methyl/N-ethyl adjacent to an activating group) is 1. The number of nitrogens with one attached hydrogen (secondary N) is 2. The highest BCUT2D eigenvalue weighted by atomic mass is 35.5. The SMILES string of the molecule is CN(CCNC(=O)C1COCCN1)C1CC1.Cl.Cl. The maximum Gasteiger partial charge on any atom is 0.239 e. The van der Waals surface area contributed by atoms with E-state index in [0.29, 0.717) is 13.2 Å². The van der Waals surface area contributed by atoms with E-state index in [0.717, 1.165) is 25.7 Å². The van der Waals surface area contributed by atoms with Gasteiger partial charge in [-0.05, 0) is 19.9 Å². The number of nitrogens with zero attached hydrogens (tertiary/aromatic N) is 1. The number of rotatable bonds is 5. The first-order valence-electron chi connectivity index (χ1n) is 6.06. The van der Waals surface area contributed by atoms with Gasteiger partial charge in [0.1, 0.15) is 6.04 Å². The Balaban J connectivity index is 0.00000144. The van der Waals surface area contributed by atoms with Gasteiger partial charge in [0.15, 0.2) is 0 Å². The van der Waals surface area contributed by atoms with Crippen molar-refractivity contribution >= 4 is 30.7 Å². The monoisotopic (exact) mass is 299 g/mol. The van der Waals surface area contributed by atoms with Crippen LogP contribution in [0.4, 0.5) is 0 Å². The van der Waals surface area contributed by atoms with Gasteiger partial charge < -0.3 is 20.3 Å². The number of halogens is 2. The van der Waals surface area contributed by atoms with Crippen LogP contribution >= 0.6 is 24.8 Å². The van der Waals surface area contributed by atoms with Crippen molar-refractivity contribution in [2.45, 2.75) is 24.9 Å². The minimum atomic E-state index is -0.167. The third-order valence-electron chi connectivity index (χ3n) is 3.17. The van der Waals surface area contributed by atoms with Crippen LogP contribution in [0.2, 0.25) is 0 Å². The lowest BCUT2D eigenvalue weighted by molar-refractivity contribution is -0.125. The van der Waals surface area contributed by atoms with E-state index in [1.807, 2.05) is 0 Å². The molecular formula is C11H23Cl2N3O2. The molecule has 0 radical (unpaired) electrons. The lowest BCUT2D eigenvalue weighted by Gasteiger charge is -2.23. The lowest BCUT2D eigenvalue weighted by atomic mass is 10.2. The molecule has 0 aromatic heterocycles. The summed E-state index contributed by atoms with van der Waals surface area (Å²) in [5.41, 5.74) is 0. The van der Waals surface area contributed by atoms with Crippen LogP contribution in [-0.4, -0.2) is 62.8 Å². The van der Waals surface area contributed by atoms with Gasteiger partial charge in [-0.1, -0.05) is 0 Å². The molecular weight excluding hydrogens is 277 g/mol. The molecule has 5 nitrogen and oxygen atoms in total. The molecule has 1 aliphatic carbocycles. The zero-order valence-corrected chi connectivity index (χ0v) is 12.3. The normalized spacial score (nSPS) is 22.9. The molecule has 1 saturated heterocycles. The molecule has 0 spiro atoms. The quantitative estimate of drug-likeness (QED) is 0.752. The molecule has 2 aliphatic rings. The smallest absolute Gasteiger partial charge is 0.239 e. The van der Waals surface area contributed by atoms with Crippen molar-refractivity contribution in [2.24, 2.45) is 0 Å². The second-order valence-corrected chi connectivity index (χ2v) is 4.58. The molecule has 1 saturated carbocycles. The summed E-state index contributed by atoms with van der Waals surface area (Å²) in [5, 5.41) is 6.08. The second-order valence-electron chi connectivity index (χ2n) is 4.58. The molecule has 2 rings (SSSR count). The van der Waals surface area contributed by atoms with Crippen LogP contribution in [0, 0.1) is 0 Å². The molecule has 2 N–H and O–H groups in total. The van der Waals surface area contributed by atoms with Crippen LogP contribution in [-0.2, 0) is 9.53 Å². The average Bonchev–Trinajstić information content (AvgIpc) is 3.14. The van der Waals surface area contributed by atoms with Crippen LogP contribution in [0.1, 0.15) is 12.8 Å². The average molecular weight is 300 g/mol. The standard InChI is InChI=1S/C11H21N3O2.2ClH/c1-14(9-2-3-9)6-4-13-11(15)10-8-16-7-5-12-10;;/h9-10,12H,2-8H2,1H3,(H,13,15);2*1H. The van der Waals surface area contributed by atoms with E-state index in [4.69, 9.17) is 4.74 Å². The van der Waals surface area contributed by atoms with Crippen LogP contribution in [0.3, 0.4) is 0 Å². The van der Waals surface area contributed by atoms with Gasteiger partial charge >= 0.3 is 0 Å². The number of hydrogen-bond acceptors (Lipinski definition) is 4. The molecule has 2 fully saturated rings. The summed E-state index contributed by atoms with van der Waals surface area (Å²) in [6.45, 7) is 3.62. The number of carbonyl (C=O) groups is 1. The van der Waals surface area contributed by atoms with Crippen molar-refractivity contribution in [1.29, 1.82) is 0 Å². The zero-order valence-electron chi connectivity index (χ0n) is 10.7. The van der Waals surface area contributed by atoms with Crippen molar-refractivity contribution in [3.8, 4) is 0 Å². The van der Waals surface area contributed by atoms with Gasteiger partial charge in [0.25, 0.3) is 0 Å². The zero-order chi connectivity index (χ0) is 11.4. The highest BCUT2D eigenvalue weighted by Crippen LogP contribution is 2.24. The number of amides is 1. The van der Waals surface area contributed by atoms with Gasteiger partial charge in [0, 0.05) is 25.7 Å². The van der Waals surface area contributed by atoms with Crippen molar-refractivity contribution < 1.29 is 9.53 Å². The summed E-state index contributed by atoms with van der Waals surface area (Å²) in [4.78, 5) is 14.0. The van der Waals surface area contributed by atoms with Crippen molar-refractivity contribution in [2.75, 3.05) is 39.9 Å². The van der Waals surface area contributed by atoms with E-state index >= 15 is 0 Å². The predicted octanol–water partition coefficient (Wildman–Crippen LogP) is 0.0288. The number of carbonyl (C=O) groups excluding carboxylic acids is 1. The van der Waals surface area contributed by atoms with Gasteiger partial charge in [-0.25, -0.2) is 0 Å². The first-order valence-corrected chi connectivity index (χ1v) is 6.06. The van der Waals surface area contributed by atoms with E-state index in [1.165, 1.54) is 12.8 Å². The molecule has 7 heteroatoms.